The molecule has 1 aliphatic rings. The zero-order valence-corrected chi connectivity index (χ0v) is 26.3. The van der Waals surface area contributed by atoms with Crippen LogP contribution in [0.15, 0.2) is 47.4 Å². The topological polar surface area (TPSA) is 87.5 Å². The summed E-state index contributed by atoms with van der Waals surface area (Å²) in [6, 6.07) is 10.2. The highest BCUT2D eigenvalue weighted by molar-refractivity contribution is 7.90. The second-order valence-electron chi connectivity index (χ2n) is 11.8. The highest BCUT2D eigenvalue weighted by atomic mass is 32.2. The molecular formula is C31H33F3N2O5SSi. The molecule has 3 aromatic carbocycles. The smallest absolute Gasteiger partial charge is 0.183 e. The molecule has 43 heavy (non-hydrogen) atoms. The van der Waals surface area contributed by atoms with Crippen LogP contribution in [0.25, 0.3) is 22.0 Å². The van der Waals surface area contributed by atoms with Crippen molar-refractivity contribution in [2.45, 2.75) is 69.6 Å². The lowest BCUT2D eigenvalue weighted by Gasteiger charge is -2.16. The predicted molar refractivity (Wildman–Crippen MR) is 160 cm³/mol. The standard InChI is InChI=1S/C31H33F3N2O5SSi/c1-5-25(37)30-22-11-10-21(29(34)31(22)36(35-30)18-40-13-14-43(2,3)4)27-24(32)12-9-20(28(27)33)17-42(38,39)26-8-6-7-19-15-41-16-23(19)26/h6-12H,5,13-18H2,1-4H3. The molecule has 2 heterocycles. The van der Waals surface area contributed by atoms with Crippen molar-refractivity contribution >= 4 is 34.6 Å². The van der Waals surface area contributed by atoms with Gasteiger partial charge in [0.1, 0.15) is 29.6 Å². The first-order valence-electron chi connectivity index (χ1n) is 14.0. The van der Waals surface area contributed by atoms with Gasteiger partial charge in [0, 0.05) is 43.2 Å². The van der Waals surface area contributed by atoms with Gasteiger partial charge in [-0.25, -0.2) is 26.3 Å². The summed E-state index contributed by atoms with van der Waals surface area (Å²) in [7, 11) is -5.47. The van der Waals surface area contributed by atoms with Crippen molar-refractivity contribution in [3.63, 3.8) is 0 Å². The molecule has 0 unspecified atom stereocenters. The molecule has 0 bridgehead atoms. The van der Waals surface area contributed by atoms with E-state index in [9.17, 15) is 13.2 Å². The van der Waals surface area contributed by atoms with Crippen molar-refractivity contribution in [3.05, 3.63) is 82.3 Å². The summed E-state index contributed by atoms with van der Waals surface area (Å²) >= 11 is 0. The van der Waals surface area contributed by atoms with Crippen LogP contribution in [0.5, 0.6) is 0 Å². The normalized spacial score (nSPS) is 13.6. The van der Waals surface area contributed by atoms with E-state index in [4.69, 9.17) is 9.47 Å². The lowest BCUT2D eigenvalue weighted by atomic mass is 9.99. The van der Waals surface area contributed by atoms with Gasteiger partial charge in [0.15, 0.2) is 21.4 Å². The Balaban J connectivity index is 1.56. The lowest BCUT2D eigenvalue weighted by molar-refractivity contribution is 0.0804. The molecule has 5 rings (SSSR count). The molecule has 7 nitrogen and oxygen atoms in total. The Labute approximate surface area is 249 Å². The first-order valence-corrected chi connectivity index (χ1v) is 19.4. The van der Waals surface area contributed by atoms with Gasteiger partial charge in [-0.15, -0.1) is 0 Å². The molecule has 0 saturated carbocycles. The number of carbonyl (C=O) groups is 1. The van der Waals surface area contributed by atoms with E-state index in [-0.39, 0.29) is 59.2 Å². The average molecular weight is 631 g/mol. The highest BCUT2D eigenvalue weighted by Crippen LogP contribution is 2.36. The predicted octanol–water partition coefficient (Wildman–Crippen LogP) is 7.03. The van der Waals surface area contributed by atoms with E-state index < -0.39 is 52.2 Å². The molecule has 1 aliphatic heterocycles. The van der Waals surface area contributed by atoms with Crippen molar-refractivity contribution < 1.29 is 35.9 Å². The summed E-state index contributed by atoms with van der Waals surface area (Å²) in [5.74, 6) is -4.32. The number of nitrogens with zero attached hydrogens (tertiary/aromatic N) is 2. The third-order valence-corrected chi connectivity index (χ3v) is 10.9. The van der Waals surface area contributed by atoms with Crippen LogP contribution in [0.2, 0.25) is 25.7 Å². The number of ketones is 1. The maximum atomic E-state index is 16.3. The fourth-order valence-corrected chi connectivity index (χ4v) is 7.52. The van der Waals surface area contributed by atoms with Crippen molar-refractivity contribution in [1.29, 1.82) is 0 Å². The Kier molecular flexibility index (Phi) is 8.67. The summed E-state index contributed by atoms with van der Waals surface area (Å²) in [5, 5.41) is 4.49. The average Bonchev–Trinajstić information content (AvgIpc) is 3.58. The molecule has 0 amide bonds. The van der Waals surface area contributed by atoms with Crippen LogP contribution < -0.4 is 0 Å². The molecule has 0 spiro atoms. The Bertz CT molecular complexity index is 1830. The van der Waals surface area contributed by atoms with Crippen molar-refractivity contribution in [1.82, 2.24) is 9.78 Å². The first-order chi connectivity index (χ1) is 20.3. The summed E-state index contributed by atoms with van der Waals surface area (Å²) < 4.78 is 86.5. The van der Waals surface area contributed by atoms with Crippen LogP contribution in [0, 0.1) is 17.5 Å². The first kappa shape index (κ1) is 31.1. The molecule has 228 valence electrons. The number of Topliss-reactive ketones (excluding diaryl/α,β-unsaturated/α-hetero) is 1. The zero-order valence-electron chi connectivity index (χ0n) is 24.5. The minimum atomic E-state index is -4.06. The number of carbonyl (C=O) groups excluding carboxylic acids is 1. The van der Waals surface area contributed by atoms with E-state index in [0.717, 1.165) is 23.7 Å². The summed E-state index contributed by atoms with van der Waals surface area (Å²) in [4.78, 5) is 12.6. The van der Waals surface area contributed by atoms with Crippen molar-refractivity contribution in [3.8, 4) is 11.1 Å². The molecule has 0 saturated heterocycles. The zero-order chi connectivity index (χ0) is 31.1. The van der Waals surface area contributed by atoms with E-state index in [1.54, 1.807) is 19.1 Å². The van der Waals surface area contributed by atoms with Crippen LogP contribution in [-0.4, -0.2) is 38.7 Å². The van der Waals surface area contributed by atoms with Gasteiger partial charge in [-0.1, -0.05) is 50.8 Å². The van der Waals surface area contributed by atoms with E-state index in [2.05, 4.69) is 24.7 Å². The van der Waals surface area contributed by atoms with Gasteiger partial charge in [0.05, 0.1) is 29.4 Å². The number of benzene rings is 3. The third-order valence-electron chi connectivity index (χ3n) is 7.50. The van der Waals surface area contributed by atoms with Crippen LogP contribution in [-0.2, 0) is 45.0 Å². The highest BCUT2D eigenvalue weighted by Gasteiger charge is 2.29. The number of halogens is 3. The molecule has 0 radical (unpaired) electrons. The number of sulfone groups is 1. The van der Waals surface area contributed by atoms with E-state index in [1.807, 2.05) is 0 Å². The molecular weight excluding hydrogens is 597 g/mol. The second kappa shape index (κ2) is 12.0. The minimum Gasteiger partial charge on any atom is -0.372 e. The van der Waals surface area contributed by atoms with Gasteiger partial charge < -0.3 is 9.47 Å². The maximum Gasteiger partial charge on any atom is 0.183 e. The number of hydrogen-bond donors (Lipinski definition) is 0. The van der Waals surface area contributed by atoms with E-state index in [0.29, 0.717) is 12.2 Å². The van der Waals surface area contributed by atoms with Crippen LogP contribution >= 0.6 is 0 Å². The van der Waals surface area contributed by atoms with E-state index in [1.165, 1.54) is 22.9 Å². The molecule has 4 aromatic rings. The quantitative estimate of drug-likeness (QED) is 0.101. The Morgan fingerprint density at radius 1 is 1.05 bits per heavy atom. The number of hydrogen-bond acceptors (Lipinski definition) is 6. The lowest BCUT2D eigenvalue weighted by Crippen LogP contribution is -2.22. The molecule has 0 atom stereocenters. The summed E-state index contributed by atoms with van der Waals surface area (Å²) in [5.41, 5.74) is -0.273. The molecule has 0 N–H and O–H groups in total. The largest absolute Gasteiger partial charge is 0.372 e. The van der Waals surface area contributed by atoms with Crippen molar-refractivity contribution in [2.75, 3.05) is 6.61 Å². The number of rotatable bonds is 11. The number of fused-ring (bicyclic) bond motifs is 2. The van der Waals surface area contributed by atoms with Crippen LogP contribution in [0.4, 0.5) is 13.2 Å². The maximum absolute atomic E-state index is 16.3. The number of ether oxygens (including phenoxy) is 2. The Morgan fingerprint density at radius 3 is 2.53 bits per heavy atom. The summed E-state index contributed by atoms with van der Waals surface area (Å²) in [6.45, 7) is 8.86. The van der Waals surface area contributed by atoms with Gasteiger partial charge >= 0.3 is 0 Å². The van der Waals surface area contributed by atoms with Crippen LogP contribution in [0.1, 0.15) is 40.5 Å². The fraction of sp³-hybridized carbons (Fsp3) is 0.355. The third kappa shape index (κ3) is 6.19. The van der Waals surface area contributed by atoms with Gasteiger partial charge in [0.2, 0.25) is 0 Å². The van der Waals surface area contributed by atoms with Crippen LogP contribution in [0.3, 0.4) is 0 Å². The minimum absolute atomic E-state index is 0.0199. The van der Waals surface area contributed by atoms with E-state index >= 15 is 13.2 Å². The second-order valence-corrected chi connectivity index (χ2v) is 19.4. The molecule has 0 fully saturated rings. The monoisotopic (exact) mass is 630 g/mol. The number of aromatic nitrogens is 2. The SMILES string of the molecule is CCC(=O)c1nn(COCC[Si](C)(C)C)c2c(F)c(-c3c(F)ccc(CS(=O)(=O)c4cccc5c4COC5)c3F)ccc12. The van der Waals surface area contributed by atoms with Gasteiger partial charge in [-0.2, -0.15) is 5.10 Å². The molecule has 1 aromatic heterocycles. The van der Waals surface area contributed by atoms with Gasteiger partial charge in [0.25, 0.3) is 0 Å². The Morgan fingerprint density at radius 2 is 1.81 bits per heavy atom. The van der Waals surface area contributed by atoms with Gasteiger partial charge in [-0.05, 0) is 29.8 Å². The van der Waals surface area contributed by atoms with Crippen molar-refractivity contribution in [2.24, 2.45) is 0 Å². The molecule has 12 heteroatoms. The Hall–Kier alpha value is -3.32. The van der Waals surface area contributed by atoms with Gasteiger partial charge in [-0.3, -0.25) is 4.79 Å². The fourth-order valence-electron chi connectivity index (χ4n) is 5.12. The summed E-state index contributed by atoms with van der Waals surface area (Å²) in [6.07, 6.45) is 0.127. The molecule has 0 aliphatic carbocycles.